The van der Waals surface area contributed by atoms with Crippen molar-refractivity contribution in [2.45, 2.75) is 13.5 Å². The number of rotatable bonds is 8. The first kappa shape index (κ1) is 26.3. The Morgan fingerprint density at radius 1 is 1.05 bits per heavy atom. The molecule has 7 nitrogen and oxygen atoms in total. The van der Waals surface area contributed by atoms with Crippen molar-refractivity contribution in [2.75, 3.05) is 16.7 Å². The average molecular weight is 552 g/mol. The van der Waals surface area contributed by atoms with Gasteiger partial charge < -0.3 is 15.4 Å². The lowest BCUT2D eigenvalue weighted by Gasteiger charge is -2.11. The van der Waals surface area contributed by atoms with Gasteiger partial charge in [-0.15, -0.1) is 23.7 Å². The Morgan fingerprint density at radius 3 is 2.65 bits per heavy atom. The Morgan fingerprint density at radius 2 is 1.89 bits per heavy atom. The Hall–Kier alpha value is -3.72. The highest BCUT2D eigenvalue weighted by molar-refractivity contribution is 7.22. The number of hydrogen-bond donors (Lipinski definition) is 2. The number of thiophene rings is 1. The highest BCUT2D eigenvalue weighted by Crippen LogP contribution is 2.40. The fourth-order valence-electron chi connectivity index (χ4n) is 3.84. The summed E-state index contributed by atoms with van der Waals surface area (Å²) < 4.78 is 5.40. The summed E-state index contributed by atoms with van der Waals surface area (Å²) in [6.45, 7) is 2.51. The summed E-state index contributed by atoms with van der Waals surface area (Å²) >= 11 is 7.22. The number of nitrogens with one attached hydrogen (secondary N) is 2. The summed E-state index contributed by atoms with van der Waals surface area (Å²) in [5.74, 6) is 0.987. The molecular weight excluding hydrogens is 529 g/mol. The second-order valence-electron chi connectivity index (χ2n) is 7.95. The summed E-state index contributed by atoms with van der Waals surface area (Å²) in [5, 5.41) is 7.16. The van der Waals surface area contributed by atoms with E-state index < -0.39 is 0 Å². The number of aromatic nitrogens is 3. The molecule has 2 N–H and O–H groups in total. The van der Waals surface area contributed by atoms with Crippen molar-refractivity contribution in [3.63, 3.8) is 0 Å². The number of carbonyl (C=O) groups excluding carboxylic acids is 1. The minimum Gasteiger partial charge on any atom is -0.478 e. The molecule has 0 bridgehead atoms. The average Bonchev–Trinajstić information content (AvgIpc) is 3.25. The molecule has 1 amide bonds. The molecule has 3 aromatic heterocycles. The molecule has 37 heavy (non-hydrogen) atoms. The quantitative estimate of drug-likeness (QED) is 0.203. The first-order chi connectivity index (χ1) is 17.6. The van der Waals surface area contributed by atoms with Crippen molar-refractivity contribution in [1.29, 1.82) is 0 Å². The van der Waals surface area contributed by atoms with Crippen molar-refractivity contribution in [3.8, 4) is 16.2 Å². The lowest BCUT2D eigenvalue weighted by molar-refractivity contribution is 0.101. The van der Waals surface area contributed by atoms with E-state index in [9.17, 15) is 4.79 Å². The van der Waals surface area contributed by atoms with Crippen molar-refractivity contribution < 1.29 is 9.53 Å². The fourth-order valence-corrected chi connectivity index (χ4v) is 5.14. The fraction of sp³-hybridized carbons (Fsp3) is 0.111. The summed E-state index contributed by atoms with van der Waals surface area (Å²) in [6, 6.07) is 20.9. The summed E-state index contributed by atoms with van der Waals surface area (Å²) in [7, 11) is 0. The topological polar surface area (TPSA) is 89.0 Å². The van der Waals surface area contributed by atoms with Crippen LogP contribution in [0.25, 0.3) is 20.7 Å². The molecule has 0 atom stereocenters. The molecule has 0 radical (unpaired) electrons. The second-order valence-corrected chi connectivity index (χ2v) is 9.17. The Labute approximate surface area is 229 Å². The van der Waals surface area contributed by atoms with Crippen molar-refractivity contribution in [2.24, 2.45) is 0 Å². The molecule has 0 saturated heterocycles. The van der Waals surface area contributed by atoms with Gasteiger partial charge in [-0.1, -0.05) is 48.0 Å². The van der Waals surface area contributed by atoms with Crippen LogP contribution in [-0.4, -0.2) is 26.9 Å². The van der Waals surface area contributed by atoms with Crippen LogP contribution in [0.15, 0.2) is 79.1 Å². The third-order valence-electron chi connectivity index (χ3n) is 5.53. The van der Waals surface area contributed by atoms with Crippen molar-refractivity contribution >= 4 is 63.0 Å². The van der Waals surface area contributed by atoms with Gasteiger partial charge in [-0.05, 0) is 48.4 Å². The molecule has 0 aliphatic rings. The van der Waals surface area contributed by atoms with E-state index in [1.54, 1.807) is 6.20 Å². The van der Waals surface area contributed by atoms with E-state index in [-0.39, 0.29) is 30.2 Å². The number of amides is 1. The van der Waals surface area contributed by atoms with E-state index in [0.29, 0.717) is 23.8 Å². The Balaban J connectivity index is 0.00000320. The Kier molecular flexibility index (Phi) is 8.55. The molecule has 188 valence electrons. The number of hydrogen-bond acceptors (Lipinski definition) is 7. The number of para-hydroxylation sites is 1. The number of anilines is 2. The number of alkyl halides is 1. The van der Waals surface area contributed by atoms with Gasteiger partial charge in [-0.3, -0.25) is 9.78 Å². The molecule has 0 spiro atoms. The van der Waals surface area contributed by atoms with E-state index in [1.807, 2.05) is 79.9 Å². The standard InChI is InChI=1S/C27H22ClN5O2S.ClH/c1-17-22-24(30-14-18-7-5-11-21(13-18)35-16-28)32-25(26(34)31-20-9-3-2-4-10-20)33-27(22)36-23(17)19-8-6-12-29-15-19;/h2-13,15H,14,16H2,1H3,(H,31,34)(H,30,32,33);1H. The largest absolute Gasteiger partial charge is 0.478 e. The highest BCUT2D eigenvalue weighted by Gasteiger charge is 2.20. The molecule has 0 aliphatic carbocycles. The highest BCUT2D eigenvalue weighted by atomic mass is 35.5. The van der Waals surface area contributed by atoms with Crippen LogP contribution in [0.2, 0.25) is 0 Å². The number of carbonyl (C=O) groups is 1. The second kappa shape index (κ2) is 12.0. The molecule has 0 saturated carbocycles. The predicted octanol–water partition coefficient (Wildman–Crippen LogP) is 6.92. The lowest BCUT2D eigenvalue weighted by Crippen LogP contribution is -2.17. The van der Waals surface area contributed by atoms with Gasteiger partial charge in [0.1, 0.15) is 16.4 Å². The number of pyridine rings is 1. The van der Waals surface area contributed by atoms with Gasteiger partial charge in [-0.25, -0.2) is 9.97 Å². The maximum absolute atomic E-state index is 13.1. The van der Waals surface area contributed by atoms with E-state index in [0.717, 1.165) is 31.8 Å². The van der Waals surface area contributed by atoms with E-state index in [4.69, 9.17) is 16.3 Å². The van der Waals surface area contributed by atoms with Gasteiger partial charge in [-0.2, -0.15) is 0 Å². The van der Waals surface area contributed by atoms with Crippen LogP contribution in [0.3, 0.4) is 0 Å². The number of nitrogens with zero attached hydrogens (tertiary/aromatic N) is 3. The molecule has 5 rings (SSSR count). The minimum absolute atomic E-state index is 0. The zero-order chi connectivity index (χ0) is 24.9. The van der Waals surface area contributed by atoms with Crippen molar-refractivity contribution in [3.05, 3.63) is 96.1 Å². The van der Waals surface area contributed by atoms with Gasteiger partial charge in [0, 0.05) is 35.1 Å². The lowest BCUT2D eigenvalue weighted by atomic mass is 10.1. The van der Waals surface area contributed by atoms with E-state index in [2.05, 4.69) is 25.6 Å². The van der Waals surface area contributed by atoms with E-state index >= 15 is 0 Å². The molecule has 0 fully saturated rings. The number of halogens is 2. The number of ether oxygens (including phenoxy) is 1. The molecule has 0 aliphatic heterocycles. The maximum atomic E-state index is 13.1. The molecular formula is C27H23Cl2N5O2S. The van der Waals surface area contributed by atoms with Gasteiger partial charge in [0.15, 0.2) is 6.07 Å². The summed E-state index contributed by atoms with van der Waals surface area (Å²) in [4.78, 5) is 28.4. The molecule has 3 heterocycles. The Bertz CT molecular complexity index is 1510. The van der Waals surface area contributed by atoms with Gasteiger partial charge in [0.05, 0.1) is 5.39 Å². The number of aryl methyl sites for hydroxylation is 1. The first-order valence-corrected chi connectivity index (χ1v) is 12.6. The van der Waals surface area contributed by atoms with Crippen molar-refractivity contribution in [1.82, 2.24) is 15.0 Å². The first-order valence-electron chi connectivity index (χ1n) is 11.2. The normalized spacial score (nSPS) is 10.5. The van der Waals surface area contributed by atoms with Gasteiger partial charge in [0.2, 0.25) is 5.82 Å². The van der Waals surface area contributed by atoms with Crippen LogP contribution in [0.1, 0.15) is 21.7 Å². The molecule has 0 unspecified atom stereocenters. The zero-order valence-electron chi connectivity index (χ0n) is 19.8. The van der Waals surface area contributed by atoms with Crippen LogP contribution in [-0.2, 0) is 6.54 Å². The third-order valence-corrected chi connectivity index (χ3v) is 6.87. The number of fused-ring (bicyclic) bond motifs is 1. The number of benzene rings is 2. The van der Waals surface area contributed by atoms with Gasteiger partial charge >= 0.3 is 0 Å². The smallest absolute Gasteiger partial charge is 0.293 e. The van der Waals surface area contributed by atoms with Crippen LogP contribution in [0, 0.1) is 6.92 Å². The molecule has 10 heteroatoms. The monoisotopic (exact) mass is 551 g/mol. The molecule has 5 aromatic rings. The minimum atomic E-state index is -0.377. The zero-order valence-corrected chi connectivity index (χ0v) is 22.2. The van der Waals surface area contributed by atoms with Crippen LogP contribution >= 0.6 is 35.3 Å². The maximum Gasteiger partial charge on any atom is 0.293 e. The SMILES string of the molecule is Cc1c(-c2cccnc2)sc2nc(C(=O)Nc3ccccc3)nc(NCc3cccc(OCCl)c3)c12.Cl. The van der Waals surface area contributed by atoms with E-state index in [1.165, 1.54) is 11.3 Å². The van der Waals surface area contributed by atoms with Crippen LogP contribution < -0.4 is 15.4 Å². The van der Waals surface area contributed by atoms with Crippen LogP contribution in [0.5, 0.6) is 5.75 Å². The third kappa shape index (κ3) is 5.99. The predicted molar refractivity (Wildman–Crippen MR) is 152 cm³/mol. The summed E-state index contributed by atoms with van der Waals surface area (Å²) in [5.41, 5.74) is 3.68. The van der Waals surface area contributed by atoms with Gasteiger partial charge in [0.25, 0.3) is 5.91 Å². The van der Waals surface area contributed by atoms with Crippen LogP contribution in [0.4, 0.5) is 11.5 Å². The summed E-state index contributed by atoms with van der Waals surface area (Å²) in [6.07, 6.45) is 3.57. The molecule has 2 aromatic carbocycles.